The maximum atomic E-state index is 8.84. The Kier molecular flexibility index (Phi) is 3.48. The lowest BCUT2D eigenvalue weighted by Gasteiger charge is -2.23. The molecule has 0 unspecified atom stereocenters. The molecule has 1 aromatic heterocycles. The third-order valence-corrected chi connectivity index (χ3v) is 2.78. The number of aromatic nitrogens is 2. The fourth-order valence-corrected chi connectivity index (χ4v) is 1.87. The summed E-state index contributed by atoms with van der Waals surface area (Å²) in [7, 11) is 0. The molecular formula is C15H16N4. The largest absolute Gasteiger partial charge is 0.340 e. The normalized spacial score (nSPS) is 10.8. The fourth-order valence-electron chi connectivity index (χ4n) is 1.87. The van der Waals surface area contributed by atoms with Gasteiger partial charge in [-0.05, 0) is 17.0 Å². The van der Waals surface area contributed by atoms with Gasteiger partial charge >= 0.3 is 0 Å². The van der Waals surface area contributed by atoms with E-state index in [0.29, 0.717) is 11.5 Å². The second kappa shape index (κ2) is 5.07. The SMILES string of the molecule is CC(C)(C)c1ccccc1Nc1cc(C#N)ncn1. The highest BCUT2D eigenvalue weighted by Gasteiger charge is 2.17. The van der Waals surface area contributed by atoms with Crippen molar-refractivity contribution in [2.45, 2.75) is 26.2 Å². The van der Waals surface area contributed by atoms with Crippen molar-refractivity contribution >= 4 is 11.5 Å². The fraction of sp³-hybridized carbons (Fsp3) is 0.267. The first-order chi connectivity index (χ1) is 9.00. The van der Waals surface area contributed by atoms with E-state index in [1.54, 1.807) is 6.07 Å². The van der Waals surface area contributed by atoms with Crippen LogP contribution in [0.5, 0.6) is 0 Å². The second-order valence-corrected chi connectivity index (χ2v) is 5.32. The maximum absolute atomic E-state index is 8.84. The van der Waals surface area contributed by atoms with Gasteiger partial charge < -0.3 is 5.32 Å². The van der Waals surface area contributed by atoms with Crippen molar-refractivity contribution in [1.82, 2.24) is 9.97 Å². The molecule has 0 amide bonds. The van der Waals surface area contributed by atoms with Crippen molar-refractivity contribution in [3.8, 4) is 6.07 Å². The molecule has 2 aromatic rings. The van der Waals surface area contributed by atoms with E-state index in [1.807, 2.05) is 24.3 Å². The summed E-state index contributed by atoms with van der Waals surface area (Å²) in [5.41, 5.74) is 2.59. The molecule has 0 aliphatic rings. The molecule has 4 heteroatoms. The zero-order valence-electron chi connectivity index (χ0n) is 11.3. The van der Waals surface area contributed by atoms with Crippen LogP contribution in [-0.4, -0.2) is 9.97 Å². The molecule has 1 N–H and O–H groups in total. The molecule has 4 nitrogen and oxygen atoms in total. The molecule has 2 rings (SSSR count). The molecule has 0 radical (unpaired) electrons. The number of benzene rings is 1. The standard InChI is InChI=1S/C15H16N4/c1-15(2,3)12-6-4-5-7-13(12)19-14-8-11(9-16)17-10-18-14/h4-8,10H,1-3H3,(H,17,18,19). The van der Waals surface area contributed by atoms with Gasteiger partial charge in [0.2, 0.25) is 0 Å². The van der Waals surface area contributed by atoms with Gasteiger partial charge in [-0.3, -0.25) is 0 Å². The minimum Gasteiger partial charge on any atom is -0.340 e. The van der Waals surface area contributed by atoms with Crippen molar-refractivity contribution in [1.29, 1.82) is 5.26 Å². The number of rotatable bonds is 2. The summed E-state index contributed by atoms with van der Waals surface area (Å²) >= 11 is 0. The van der Waals surface area contributed by atoms with E-state index in [2.05, 4.69) is 42.1 Å². The highest BCUT2D eigenvalue weighted by Crippen LogP contribution is 2.30. The van der Waals surface area contributed by atoms with E-state index < -0.39 is 0 Å². The van der Waals surface area contributed by atoms with Gasteiger partial charge in [0.15, 0.2) is 0 Å². The summed E-state index contributed by atoms with van der Waals surface area (Å²) in [6, 6.07) is 11.7. The minimum absolute atomic E-state index is 0.0364. The summed E-state index contributed by atoms with van der Waals surface area (Å²) in [6.07, 6.45) is 1.39. The molecule has 0 aliphatic carbocycles. The van der Waals surface area contributed by atoms with E-state index in [-0.39, 0.29) is 5.41 Å². The van der Waals surface area contributed by atoms with Crippen LogP contribution in [0, 0.1) is 11.3 Å². The lowest BCUT2D eigenvalue weighted by molar-refractivity contribution is 0.592. The molecule has 96 valence electrons. The molecule has 1 heterocycles. The van der Waals surface area contributed by atoms with Crippen LogP contribution in [0.4, 0.5) is 11.5 Å². The van der Waals surface area contributed by atoms with Gasteiger partial charge in [0.25, 0.3) is 0 Å². The third kappa shape index (κ3) is 3.08. The lowest BCUT2D eigenvalue weighted by atomic mass is 9.86. The van der Waals surface area contributed by atoms with Gasteiger partial charge in [-0.15, -0.1) is 0 Å². The van der Waals surface area contributed by atoms with Crippen LogP contribution in [0.1, 0.15) is 32.0 Å². The molecule has 0 fully saturated rings. The highest BCUT2D eigenvalue weighted by molar-refractivity contribution is 5.62. The first kappa shape index (κ1) is 13.0. The Morgan fingerprint density at radius 1 is 1.16 bits per heavy atom. The molecule has 0 saturated heterocycles. The number of nitrogens with zero attached hydrogens (tertiary/aromatic N) is 3. The van der Waals surface area contributed by atoms with Crippen molar-refractivity contribution in [3.63, 3.8) is 0 Å². The Labute approximate surface area is 113 Å². The average molecular weight is 252 g/mol. The lowest BCUT2D eigenvalue weighted by Crippen LogP contribution is -2.13. The quantitative estimate of drug-likeness (QED) is 0.889. The average Bonchev–Trinajstić information content (AvgIpc) is 2.38. The zero-order chi connectivity index (χ0) is 13.9. The van der Waals surface area contributed by atoms with Gasteiger partial charge in [0.1, 0.15) is 23.9 Å². The molecule has 0 saturated carbocycles. The Morgan fingerprint density at radius 2 is 1.89 bits per heavy atom. The molecule has 0 spiro atoms. The van der Waals surface area contributed by atoms with Gasteiger partial charge in [-0.1, -0.05) is 39.0 Å². The summed E-state index contributed by atoms with van der Waals surface area (Å²) in [5, 5.41) is 12.1. The summed E-state index contributed by atoms with van der Waals surface area (Å²) < 4.78 is 0. The second-order valence-electron chi connectivity index (χ2n) is 5.32. The van der Waals surface area contributed by atoms with Crippen LogP contribution in [0.2, 0.25) is 0 Å². The predicted octanol–water partition coefficient (Wildman–Crippen LogP) is 3.39. The van der Waals surface area contributed by atoms with Gasteiger partial charge in [-0.25, -0.2) is 9.97 Å². The monoisotopic (exact) mass is 252 g/mol. The van der Waals surface area contributed by atoms with Crippen LogP contribution in [0.25, 0.3) is 0 Å². The van der Waals surface area contributed by atoms with Gasteiger partial charge in [0.05, 0.1) is 0 Å². The first-order valence-electron chi connectivity index (χ1n) is 6.09. The van der Waals surface area contributed by atoms with E-state index in [0.717, 1.165) is 5.69 Å². The van der Waals surface area contributed by atoms with Crippen molar-refractivity contribution in [2.24, 2.45) is 0 Å². The zero-order valence-corrected chi connectivity index (χ0v) is 11.3. The van der Waals surface area contributed by atoms with Crippen molar-refractivity contribution < 1.29 is 0 Å². The molecule has 0 bridgehead atoms. The number of hydrogen-bond donors (Lipinski definition) is 1. The number of anilines is 2. The first-order valence-corrected chi connectivity index (χ1v) is 6.09. The Bertz CT molecular complexity index is 621. The van der Waals surface area contributed by atoms with E-state index >= 15 is 0 Å². The minimum atomic E-state index is 0.0364. The van der Waals surface area contributed by atoms with E-state index in [4.69, 9.17) is 5.26 Å². The highest BCUT2D eigenvalue weighted by atomic mass is 15.0. The van der Waals surface area contributed by atoms with Crippen LogP contribution < -0.4 is 5.32 Å². The number of nitriles is 1. The number of nitrogens with one attached hydrogen (secondary N) is 1. The van der Waals surface area contributed by atoms with E-state index in [9.17, 15) is 0 Å². The summed E-state index contributed by atoms with van der Waals surface area (Å²) in [5.74, 6) is 0.628. The number of para-hydroxylation sites is 1. The molecule has 0 aliphatic heterocycles. The topological polar surface area (TPSA) is 61.6 Å². The molecule has 0 atom stereocenters. The molecule has 1 aromatic carbocycles. The smallest absolute Gasteiger partial charge is 0.145 e. The van der Waals surface area contributed by atoms with Gasteiger partial charge in [0, 0.05) is 11.8 Å². The predicted molar refractivity (Wildman–Crippen MR) is 75.2 cm³/mol. The van der Waals surface area contributed by atoms with Crippen LogP contribution >= 0.6 is 0 Å². The van der Waals surface area contributed by atoms with Crippen LogP contribution in [0.3, 0.4) is 0 Å². The van der Waals surface area contributed by atoms with E-state index in [1.165, 1.54) is 11.9 Å². The maximum Gasteiger partial charge on any atom is 0.145 e. The summed E-state index contributed by atoms with van der Waals surface area (Å²) in [6.45, 7) is 6.48. The van der Waals surface area contributed by atoms with Crippen LogP contribution in [-0.2, 0) is 5.41 Å². The van der Waals surface area contributed by atoms with Crippen molar-refractivity contribution in [3.05, 3.63) is 47.9 Å². The van der Waals surface area contributed by atoms with Crippen LogP contribution in [0.15, 0.2) is 36.7 Å². The third-order valence-electron chi connectivity index (χ3n) is 2.78. The Hall–Kier alpha value is -2.41. The molecular weight excluding hydrogens is 236 g/mol. The number of hydrogen-bond acceptors (Lipinski definition) is 4. The Morgan fingerprint density at radius 3 is 2.58 bits per heavy atom. The van der Waals surface area contributed by atoms with Gasteiger partial charge in [-0.2, -0.15) is 5.26 Å². The van der Waals surface area contributed by atoms with Crippen molar-refractivity contribution in [2.75, 3.05) is 5.32 Å². The Balaban J connectivity index is 2.36. The summed E-state index contributed by atoms with van der Waals surface area (Å²) in [4.78, 5) is 7.99. The molecule has 19 heavy (non-hydrogen) atoms.